The van der Waals surface area contributed by atoms with Crippen molar-refractivity contribution in [1.29, 1.82) is 0 Å². The van der Waals surface area contributed by atoms with Gasteiger partial charge in [-0.05, 0) is 67.3 Å². The van der Waals surface area contributed by atoms with Crippen LogP contribution in [0, 0.1) is 13.8 Å². The van der Waals surface area contributed by atoms with Crippen LogP contribution in [-0.4, -0.2) is 61.3 Å². The smallest absolute Gasteiger partial charge is 0.253 e. The molecule has 6 heteroatoms. The summed E-state index contributed by atoms with van der Waals surface area (Å²) in [7, 11) is 4.00. The molecular formula is C25H31N5O. The van der Waals surface area contributed by atoms with Crippen LogP contribution in [-0.2, 0) is 0 Å². The third-order valence-corrected chi connectivity index (χ3v) is 6.12. The highest BCUT2D eigenvalue weighted by Crippen LogP contribution is 2.25. The molecule has 162 valence electrons. The molecule has 1 saturated heterocycles. The number of aromatic nitrogens is 2. The Morgan fingerprint density at radius 3 is 2.42 bits per heavy atom. The van der Waals surface area contributed by atoms with E-state index < -0.39 is 0 Å². The Balaban J connectivity index is 1.42. The fraction of sp³-hybridized carbons (Fsp3) is 0.360. The number of aryl methyl sites for hydroxylation is 2. The maximum absolute atomic E-state index is 13.0. The number of rotatable bonds is 4. The van der Waals surface area contributed by atoms with Crippen LogP contribution in [0.1, 0.15) is 27.9 Å². The minimum Gasteiger partial charge on any atom is -0.378 e. The first-order valence-electron chi connectivity index (χ1n) is 10.9. The number of nitrogens with one attached hydrogen (secondary N) is 1. The van der Waals surface area contributed by atoms with Gasteiger partial charge in [-0.25, -0.2) is 0 Å². The molecular weight excluding hydrogens is 386 g/mol. The highest BCUT2D eigenvalue weighted by atomic mass is 16.2. The first kappa shape index (κ1) is 21.0. The van der Waals surface area contributed by atoms with Crippen molar-refractivity contribution in [3.05, 3.63) is 65.2 Å². The summed E-state index contributed by atoms with van der Waals surface area (Å²) in [5.41, 5.74) is 6.58. The second-order valence-corrected chi connectivity index (χ2v) is 8.51. The molecule has 1 fully saturated rings. The van der Waals surface area contributed by atoms with E-state index >= 15 is 0 Å². The molecule has 3 aromatic rings. The van der Waals surface area contributed by atoms with E-state index in [4.69, 9.17) is 0 Å². The minimum atomic E-state index is 0.102. The van der Waals surface area contributed by atoms with Gasteiger partial charge in [-0.1, -0.05) is 12.1 Å². The first-order chi connectivity index (χ1) is 14.9. The second kappa shape index (κ2) is 8.84. The molecule has 4 rings (SSSR count). The molecule has 0 aliphatic carbocycles. The second-order valence-electron chi connectivity index (χ2n) is 8.51. The van der Waals surface area contributed by atoms with Crippen LogP contribution < -0.4 is 9.80 Å². The van der Waals surface area contributed by atoms with Crippen LogP contribution in [0.15, 0.2) is 48.5 Å². The lowest BCUT2D eigenvalue weighted by Gasteiger charge is -2.22. The van der Waals surface area contributed by atoms with E-state index in [1.807, 2.05) is 48.2 Å². The number of nitrogens with zero attached hydrogens (tertiary/aromatic N) is 4. The number of anilines is 2. The summed E-state index contributed by atoms with van der Waals surface area (Å²) >= 11 is 0. The molecule has 31 heavy (non-hydrogen) atoms. The lowest BCUT2D eigenvalue weighted by atomic mass is 10.0. The van der Waals surface area contributed by atoms with Gasteiger partial charge in [0.05, 0.1) is 5.69 Å². The van der Waals surface area contributed by atoms with Crippen molar-refractivity contribution in [2.75, 3.05) is 50.1 Å². The van der Waals surface area contributed by atoms with Crippen molar-refractivity contribution in [3.8, 4) is 11.3 Å². The van der Waals surface area contributed by atoms with Gasteiger partial charge in [-0.2, -0.15) is 5.10 Å². The molecule has 0 saturated carbocycles. The summed E-state index contributed by atoms with van der Waals surface area (Å²) in [4.78, 5) is 19.3. The van der Waals surface area contributed by atoms with Gasteiger partial charge in [0.25, 0.3) is 5.91 Å². The number of H-pyrrole nitrogens is 1. The van der Waals surface area contributed by atoms with Gasteiger partial charge < -0.3 is 14.7 Å². The summed E-state index contributed by atoms with van der Waals surface area (Å²) < 4.78 is 0. The number of amides is 1. The molecule has 0 spiro atoms. The fourth-order valence-electron chi connectivity index (χ4n) is 3.96. The molecule has 0 bridgehead atoms. The van der Waals surface area contributed by atoms with Gasteiger partial charge in [0.2, 0.25) is 0 Å². The van der Waals surface area contributed by atoms with Gasteiger partial charge in [0.15, 0.2) is 5.82 Å². The predicted molar refractivity (Wildman–Crippen MR) is 127 cm³/mol. The zero-order valence-electron chi connectivity index (χ0n) is 18.9. The lowest BCUT2D eigenvalue weighted by molar-refractivity contribution is 0.0767. The highest BCUT2D eigenvalue weighted by Gasteiger charge is 2.22. The number of carbonyl (C=O) groups is 1. The SMILES string of the molecule is Cc1ccc(-c2cc(N3CCCN(C(=O)c4ccc(N(C)C)cc4)CC3)n[nH]2)cc1C. The van der Waals surface area contributed by atoms with E-state index in [-0.39, 0.29) is 5.91 Å². The summed E-state index contributed by atoms with van der Waals surface area (Å²) in [6.07, 6.45) is 0.924. The van der Waals surface area contributed by atoms with E-state index in [0.29, 0.717) is 6.54 Å². The summed E-state index contributed by atoms with van der Waals surface area (Å²) in [5, 5.41) is 7.74. The monoisotopic (exact) mass is 417 g/mol. The molecule has 1 aromatic heterocycles. The standard InChI is InChI=1S/C25H31N5O/c1-18-6-7-21(16-19(18)2)23-17-24(27-26-23)29-12-5-13-30(15-14-29)25(31)20-8-10-22(11-9-20)28(3)4/h6-11,16-17H,5,12-15H2,1-4H3,(H,26,27). The van der Waals surface area contributed by atoms with Crippen molar-refractivity contribution in [1.82, 2.24) is 15.1 Å². The molecule has 1 aliphatic heterocycles. The molecule has 1 N–H and O–H groups in total. The number of carbonyl (C=O) groups excluding carboxylic acids is 1. The normalized spacial score (nSPS) is 14.5. The Bertz CT molecular complexity index is 1050. The number of hydrogen-bond acceptors (Lipinski definition) is 4. The van der Waals surface area contributed by atoms with Crippen molar-refractivity contribution in [3.63, 3.8) is 0 Å². The van der Waals surface area contributed by atoms with E-state index in [0.717, 1.165) is 54.4 Å². The average Bonchev–Trinajstić information content (AvgIpc) is 3.13. The molecule has 2 heterocycles. The highest BCUT2D eigenvalue weighted by molar-refractivity contribution is 5.94. The first-order valence-corrected chi connectivity index (χ1v) is 10.9. The van der Waals surface area contributed by atoms with Crippen molar-refractivity contribution < 1.29 is 4.79 Å². The van der Waals surface area contributed by atoms with Crippen LogP contribution in [0.2, 0.25) is 0 Å². The average molecular weight is 418 g/mol. The van der Waals surface area contributed by atoms with E-state index in [2.05, 4.69) is 53.2 Å². The van der Waals surface area contributed by atoms with Gasteiger partial charge in [-0.3, -0.25) is 9.89 Å². The van der Waals surface area contributed by atoms with Crippen LogP contribution >= 0.6 is 0 Å². The third-order valence-electron chi connectivity index (χ3n) is 6.12. The van der Waals surface area contributed by atoms with Crippen molar-refractivity contribution in [2.24, 2.45) is 0 Å². The predicted octanol–water partition coefficient (Wildman–Crippen LogP) is 4.11. The Morgan fingerprint density at radius 2 is 1.71 bits per heavy atom. The molecule has 1 amide bonds. The summed E-state index contributed by atoms with van der Waals surface area (Å²) in [5.74, 6) is 1.04. The van der Waals surface area contributed by atoms with Gasteiger partial charge >= 0.3 is 0 Å². The van der Waals surface area contributed by atoms with E-state index in [1.165, 1.54) is 11.1 Å². The van der Waals surface area contributed by atoms with Crippen LogP contribution in [0.25, 0.3) is 11.3 Å². The molecule has 0 radical (unpaired) electrons. The van der Waals surface area contributed by atoms with E-state index in [1.54, 1.807) is 0 Å². The Hall–Kier alpha value is -3.28. The maximum Gasteiger partial charge on any atom is 0.253 e. The quantitative estimate of drug-likeness (QED) is 0.694. The van der Waals surface area contributed by atoms with Gasteiger partial charge in [0, 0.05) is 57.6 Å². The summed E-state index contributed by atoms with van der Waals surface area (Å²) in [6, 6.07) is 16.4. The zero-order chi connectivity index (χ0) is 22.0. The lowest BCUT2D eigenvalue weighted by Crippen LogP contribution is -2.35. The van der Waals surface area contributed by atoms with Crippen LogP contribution in [0.3, 0.4) is 0 Å². The number of aromatic amines is 1. The maximum atomic E-state index is 13.0. The van der Waals surface area contributed by atoms with Crippen molar-refractivity contribution in [2.45, 2.75) is 20.3 Å². The van der Waals surface area contributed by atoms with E-state index in [9.17, 15) is 4.79 Å². The minimum absolute atomic E-state index is 0.102. The Labute approximate surface area is 184 Å². The van der Waals surface area contributed by atoms with Gasteiger partial charge in [0.1, 0.15) is 0 Å². The van der Waals surface area contributed by atoms with Crippen LogP contribution in [0.4, 0.5) is 11.5 Å². The largest absolute Gasteiger partial charge is 0.378 e. The Kier molecular flexibility index (Phi) is 5.98. The topological polar surface area (TPSA) is 55.5 Å². The molecule has 1 aliphatic rings. The zero-order valence-corrected chi connectivity index (χ0v) is 18.9. The fourth-order valence-corrected chi connectivity index (χ4v) is 3.96. The molecule has 6 nitrogen and oxygen atoms in total. The summed E-state index contributed by atoms with van der Waals surface area (Å²) in [6.45, 7) is 7.38. The molecule has 2 aromatic carbocycles. The molecule has 0 atom stereocenters. The van der Waals surface area contributed by atoms with Gasteiger partial charge in [-0.15, -0.1) is 0 Å². The number of hydrogen-bond donors (Lipinski definition) is 1. The van der Waals surface area contributed by atoms with Crippen molar-refractivity contribution >= 4 is 17.4 Å². The molecule has 0 unspecified atom stereocenters. The van der Waals surface area contributed by atoms with Crippen LogP contribution in [0.5, 0.6) is 0 Å². The third kappa shape index (κ3) is 4.58. The Morgan fingerprint density at radius 1 is 0.935 bits per heavy atom. The number of benzene rings is 2.